The SMILES string of the molecule is COCCCN(CC1(O)CCC2C34C=CC5(C=C3C(=O)c3ccco3)CC(O)CCC5(C)C4CCC21C)C(=O)OC1CC(C)CCC1C(C)C. The quantitative estimate of drug-likeness (QED) is 0.145. The molecule has 0 radical (unpaired) electrons. The second-order valence-electron chi connectivity index (χ2n) is 18.1. The van der Waals surface area contributed by atoms with Gasteiger partial charge in [0, 0.05) is 42.1 Å². The van der Waals surface area contributed by atoms with Gasteiger partial charge in [-0.15, -0.1) is 0 Å². The molecule has 1 aromatic rings. The van der Waals surface area contributed by atoms with Gasteiger partial charge < -0.3 is 29.0 Å². The highest BCUT2D eigenvalue weighted by molar-refractivity contribution is 6.08. The second-order valence-corrected chi connectivity index (χ2v) is 18.1. The largest absolute Gasteiger partial charge is 0.461 e. The number of ketones is 1. The first kappa shape index (κ1) is 36.0. The van der Waals surface area contributed by atoms with Crippen LogP contribution in [-0.2, 0) is 9.47 Å². The fourth-order valence-electron chi connectivity index (χ4n) is 12.5. The molecule has 8 nitrogen and oxygen atoms in total. The average Bonchev–Trinajstić information content (AvgIpc) is 3.70. The normalized spacial score (nSPS) is 43.2. The topological polar surface area (TPSA) is 109 Å². The molecule has 276 valence electrons. The summed E-state index contributed by atoms with van der Waals surface area (Å²) < 4.78 is 17.5. The van der Waals surface area contributed by atoms with Gasteiger partial charge in [-0.1, -0.05) is 59.3 Å². The van der Waals surface area contributed by atoms with Gasteiger partial charge in [0.25, 0.3) is 0 Å². The molecular weight excluding hydrogens is 630 g/mol. The number of hydrogen-bond acceptors (Lipinski definition) is 7. The molecule has 7 aliphatic rings. The lowest BCUT2D eigenvalue weighted by atomic mass is 9.32. The molecule has 11 unspecified atom stereocenters. The first-order valence-corrected chi connectivity index (χ1v) is 19.6. The van der Waals surface area contributed by atoms with Gasteiger partial charge >= 0.3 is 6.09 Å². The predicted molar refractivity (Wildman–Crippen MR) is 191 cm³/mol. The fraction of sp³-hybridized carbons (Fsp3) is 0.762. The Morgan fingerprint density at radius 2 is 1.78 bits per heavy atom. The average molecular weight is 692 g/mol. The number of rotatable bonds is 10. The smallest absolute Gasteiger partial charge is 0.410 e. The third-order valence-electron chi connectivity index (χ3n) is 15.4. The number of allylic oxidation sites excluding steroid dienone is 4. The van der Waals surface area contributed by atoms with E-state index in [9.17, 15) is 19.8 Å². The van der Waals surface area contributed by atoms with E-state index in [4.69, 9.17) is 13.9 Å². The zero-order chi connectivity index (χ0) is 35.7. The Bertz CT molecular complexity index is 1500. The maximum atomic E-state index is 14.5. The van der Waals surface area contributed by atoms with Gasteiger partial charge in [-0.05, 0) is 111 Å². The van der Waals surface area contributed by atoms with Crippen molar-refractivity contribution in [1.82, 2.24) is 4.90 Å². The van der Waals surface area contributed by atoms with Crippen LogP contribution in [0.4, 0.5) is 4.79 Å². The maximum Gasteiger partial charge on any atom is 0.410 e. The second kappa shape index (κ2) is 12.9. The summed E-state index contributed by atoms with van der Waals surface area (Å²) in [7, 11) is 1.67. The molecule has 1 aromatic heterocycles. The molecule has 4 saturated carbocycles. The molecule has 11 atom stereocenters. The van der Waals surface area contributed by atoms with E-state index in [1.165, 1.54) is 0 Å². The lowest BCUT2D eigenvalue weighted by molar-refractivity contribution is -0.175. The summed E-state index contributed by atoms with van der Waals surface area (Å²) in [6.45, 7) is 12.5. The van der Waals surface area contributed by atoms with E-state index >= 15 is 0 Å². The molecule has 50 heavy (non-hydrogen) atoms. The number of methoxy groups -OCH3 is 1. The highest BCUT2D eigenvalue weighted by atomic mass is 16.6. The van der Waals surface area contributed by atoms with Crippen LogP contribution in [0.3, 0.4) is 0 Å². The van der Waals surface area contributed by atoms with Crippen molar-refractivity contribution in [2.75, 3.05) is 26.8 Å². The van der Waals surface area contributed by atoms with Crippen LogP contribution in [-0.4, -0.2) is 71.6 Å². The Morgan fingerprint density at radius 1 is 1.04 bits per heavy atom. The molecule has 8 rings (SSSR count). The van der Waals surface area contributed by atoms with Crippen molar-refractivity contribution >= 4 is 11.9 Å². The van der Waals surface area contributed by atoms with Gasteiger partial charge in [0.2, 0.25) is 5.78 Å². The van der Waals surface area contributed by atoms with Gasteiger partial charge in [0.1, 0.15) is 6.10 Å². The Morgan fingerprint density at radius 3 is 2.50 bits per heavy atom. The summed E-state index contributed by atoms with van der Waals surface area (Å²) in [5, 5.41) is 24.0. The summed E-state index contributed by atoms with van der Waals surface area (Å²) in [4.78, 5) is 30.5. The van der Waals surface area contributed by atoms with Crippen molar-refractivity contribution in [3.8, 4) is 0 Å². The minimum Gasteiger partial charge on any atom is -0.461 e. The fourth-order valence-corrected chi connectivity index (χ4v) is 12.5. The molecule has 2 N–H and O–H groups in total. The van der Waals surface area contributed by atoms with Crippen LogP contribution in [0.25, 0.3) is 0 Å². The minimum absolute atomic E-state index is 0.0106. The van der Waals surface area contributed by atoms with Gasteiger partial charge in [-0.3, -0.25) is 4.79 Å². The molecule has 1 heterocycles. The van der Waals surface area contributed by atoms with E-state index in [0.717, 1.165) is 56.9 Å². The number of aliphatic hydroxyl groups excluding tert-OH is 1. The highest BCUT2D eigenvalue weighted by Crippen LogP contribution is 2.78. The zero-order valence-corrected chi connectivity index (χ0v) is 31.3. The molecule has 0 aromatic carbocycles. The van der Waals surface area contributed by atoms with Crippen LogP contribution in [0.5, 0.6) is 0 Å². The van der Waals surface area contributed by atoms with Crippen LogP contribution in [0, 0.1) is 51.2 Å². The monoisotopic (exact) mass is 691 g/mol. The number of carbonyl (C=O) groups is 2. The number of fused-ring (bicyclic) bond motifs is 1. The Labute approximate surface area is 299 Å². The first-order valence-electron chi connectivity index (χ1n) is 19.6. The first-order chi connectivity index (χ1) is 23.7. The van der Waals surface area contributed by atoms with Crippen molar-refractivity contribution in [1.29, 1.82) is 0 Å². The van der Waals surface area contributed by atoms with Crippen molar-refractivity contribution in [3.63, 3.8) is 0 Å². The van der Waals surface area contributed by atoms with Gasteiger partial charge in [0.05, 0.1) is 24.5 Å². The summed E-state index contributed by atoms with van der Waals surface area (Å²) in [6.07, 6.45) is 16.5. The molecule has 4 fully saturated rings. The van der Waals surface area contributed by atoms with Crippen molar-refractivity contribution in [2.45, 2.75) is 123 Å². The van der Waals surface area contributed by atoms with E-state index < -0.39 is 27.9 Å². The lowest BCUT2D eigenvalue weighted by Gasteiger charge is -2.71. The van der Waals surface area contributed by atoms with Crippen LogP contribution in [0.1, 0.15) is 116 Å². The molecule has 2 bridgehead atoms. The molecular formula is C42H61NO7. The van der Waals surface area contributed by atoms with Crippen LogP contribution in [0.15, 0.2) is 46.6 Å². The third kappa shape index (κ3) is 5.31. The van der Waals surface area contributed by atoms with E-state index in [-0.39, 0.29) is 41.8 Å². The molecule has 7 aliphatic carbocycles. The number of furan rings is 1. The van der Waals surface area contributed by atoms with Crippen LogP contribution in [0.2, 0.25) is 0 Å². The van der Waals surface area contributed by atoms with Crippen LogP contribution >= 0.6 is 0 Å². The van der Waals surface area contributed by atoms with Gasteiger partial charge in [0.15, 0.2) is 5.76 Å². The Balaban J connectivity index is 1.23. The number of carbonyl (C=O) groups excluding carboxylic acids is 2. The molecule has 0 saturated heterocycles. The van der Waals surface area contributed by atoms with Crippen molar-refractivity contribution in [2.24, 2.45) is 51.2 Å². The zero-order valence-electron chi connectivity index (χ0n) is 31.3. The van der Waals surface area contributed by atoms with Gasteiger partial charge in [-0.2, -0.15) is 0 Å². The lowest BCUT2D eigenvalue weighted by Crippen LogP contribution is -2.67. The number of Topliss-reactive ketones (excluding diaryl/α,β-unsaturated/α-hetero) is 1. The number of ether oxygens (including phenoxy) is 2. The Hall–Kier alpha value is -2.42. The molecule has 0 aliphatic heterocycles. The number of aliphatic hydroxyl groups is 2. The summed E-state index contributed by atoms with van der Waals surface area (Å²) >= 11 is 0. The van der Waals surface area contributed by atoms with E-state index in [1.807, 2.05) is 0 Å². The summed E-state index contributed by atoms with van der Waals surface area (Å²) in [5.41, 5.74) is -2.04. The van der Waals surface area contributed by atoms with Crippen molar-refractivity contribution in [3.05, 3.63) is 48.0 Å². The highest BCUT2D eigenvalue weighted by Gasteiger charge is 2.74. The molecule has 8 heteroatoms. The van der Waals surface area contributed by atoms with E-state index in [1.54, 1.807) is 30.4 Å². The Kier molecular flexibility index (Phi) is 9.28. The number of hydrogen-bond donors (Lipinski definition) is 2. The third-order valence-corrected chi connectivity index (χ3v) is 15.4. The maximum absolute atomic E-state index is 14.5. The number of amides is 1. The van der Waals surface area contributed by atoms with E-state index in [0.29, 0.717) is 55.9 Å². The summed E-state index contributed by atoms with van der Waals surface area (Å²) in [6, 6.07) is 3.52. The van der Waals surface area contributed by atoms with Crippen LogP contribution < -0.4 is 0 Å². The molecule has 2 spiro atoms. The van der Waals surface area contributed by atoms with E-state index in [2.05, 4.69) is 52.8 Å². The summed E-state index contributed by atoms with van der Waals surface area (Å²) in [5.74, 6) is 1.70. The predicted octanol–water partition coefficient (Wildman–Crippen LogP) is 7.99. The molecule has 1 amide bonds. The van der Waals surface area contributed by atoms with Gasteiger partial charge in [-0.25, -0.2) is 4.79 Å². The standard InChI is InChI=1S/C42H61NO7/c1-27(2)30-11-10-28(3)23-33(30)50-37(46)43(20-8-21-48-6)26-41(47)17-14-35-39(41,5)16-13-34-38(4)15-12-29(44)24-40(38)18-19-42(34,35)31(25-40)36(45)32-9-7-22-49-32/h7,9,18-19,22,25,27-30,33-35,44,47H,8,10-17,20-21,23-24,26H2,1-6H3. The number of nitrogens with zero attached hydrogens (tertiary/aromatic N) is 1. The minimum atomic E-state index is -1.16. The van der Waals surface area contributed by atoms with Crippen molar-refractivity contribution < 1.29 is 33.7 Å².